The predicted molar refractivity (Wildman–Crippen MR) is 64.3 cm³/mol. The fourth-order valence-electron chi connectivity index (χ4n) is 1.83. The molecule has 3 nitrogen and oxygen atoms in total. The Bertz CT molecular complexity index is 401. The minimum Gasteiger partial charge on any atom is -0.467 e. The minimum absolute atomic E-state index is 0.274. The van der Waals surface area contributed by atoms with Crippen molar-refractivity contribution in [2.24, 2.45) is 0 Å². The van der Waals surface area contributed by atoms with E-state index in [0.29, 0.717) is 0 Å². The summed E-state index contributed by atoms with van der Waals surface area (Å²) in [7, 11) is 3.17. The molecule has 1 rings (SSSR count). The standard InChI is InChI=1S/C13H19NO2/c1-9-6-7-10(2)11(8-9)13(3,14-4)12(15)16-5/h6-8,14H,1-5H3. The highest BCUT2D eigenvalue weighted by atomic mass is 16.5. The van der Waals surface area contributed by atoms with Crippen LogP contribution in [-0.4, -0.2) is 20.1 Å². The molecule has 1 N–H and O–H groups in total. The van der Waals surface area contributed by atoms with Crippen LogP contribution in [0, 0.1) is 13.8 Å². The minimum atomic E-state index is -0.787. The zero-order valence-corrected chi connectivity index (χ0v) is 10.5. The van der Waals surface area contributed by atoms with Crippen molar-refractivity contribution in [1.29, 1.82) is 0 Å². The van der Waals surface area contributed by atoms with E-state index in [0.717, 1.165) is 16.7 Å². The van der Waals surface area contributed by atoms with Gasteiger partial charge < -0.3 is 10.1 Å². The Labute approximate surface area is 96.8 Å². The number of carbonyl (C=O) groups is 1. The van der Waals surface area contributed by atoms with Crippen LogP contribution < -0.4 is 5.32 Å². The largest absolute Gasteiger partial charge is 0.467 e. The van der Waals surface area contributed by atoms with Crippen molar-refractivity contribution in [1.82, 2.24) is 5.32 Å². The fraction of sp³-hybridized carbons (Fsp3) is 0.462. The smallest absolute Gasteiger partial charge is 0.330 e. The van der Waals surface area contributed by atoms with Gasteiger partial charge in [-0.1, -0.05) is 23.8 Å². The van der Waals surface area contributed by atoms with E-state index in [9.17, 15) is 4.79 Å². The first kappa shape index (κ1) is 12.7. The highest BCUT2D eigenvalue weighted by molar-refractivity contribution is 5.82. The summed E-state index contributed by atoms with van der Waals surface area (Å²) in [6, 6.07) is 6.07. The van der Waals surface area contributed by atoms with E-state index in [4.69, 9.17) is 4.74 Å². The number of rotatable bonds is 3. The van der Waals surface area contributed by atoms with Crippen LogP contribution in [0.25, 0.3) is 0 Å². The predicted octanol–water partition coefficient (Wildman–Crippen LogP) is 1.91. The number of carbonyl (C=O) groups excluding carboxylic acids is 1. The molecule has 0 radical (unpaired) electrons. The van der Waals surface area contributed by atoms with Crippen LogP contribution in [0.1, 0.15) is 23.6 Å². The topological polar surface area (TPSA) is 38.3 Å². The maximum absolute atomic E-state index is 11.8. The number of hydrogen-bond donors (Lipinski definition) is 1. The summed E-state index contributed by atoms with van der Waals surface area (Å²) in [4.78, 5) is 11.8. The molecule has 16 heavy (non-hydrogen) atoms. The van der Waals surface area contributed by atoms with Gasteiger partial charge in [0.05, 0.1) is 7.11 Å². The maximum atomic E-state index is 11.8. The summed E-state index contributed by atoms with van der Waals surface area (Å²) in [5.74, 6) is -0.274. The van der Waals surface area contributed by atoms with Gasteiger partial charge in [-0.15, -0.1) is 0 Å². The second kappa shape index (κ2) is 4.66. The van der Waals surface area contributed by atoms with Gasteiger partial charge in [-0.3, -0.25) is 0 Å². The van der Waals surface area contributed by atoms with Gasteiger partial charge in [0.15, 0.2) is 0 Å². The molecule has 1 aromatic carbocycles. The fourth-order valence-corrected chi connectivity index (χ4v) is 1.83. The van der Waals surface area contributed by atoms with Gasteiger partial charge in [0.1, 0.15) is 5.54 Å². The van der Waals surface area contributed by atoms with Crippen molar-refractivity contribution >= 4 is 5.97 Å². The summed E-state index contributed by atoms with van der Waals surface area (Å²) in [6.45, 7) is 5.84. The highest BCUT2D eigenvalue weighted by Crippen LogP contribution is 2.26. The van der Waals surface area contributed by atoms with E-state index in [2.05, 4.69) is 5.32 Å². The molecular weight excluding hydrogens is 202 g/mol. The Kier molecular flexibility index (Phi) is 3.70. The van der Waals surface area contributed by atoms with E-state index < -0.39 is 5.54 Å². The lowest BCUT2D eigenvalue weighted by molar-refractivity contribution is -0.148. The molecule has 0 bridgehead atoms. The van der Waals surface area contributed by atoms with Crippen molar-refractivity contribution < 1.29 is 9.53 Å². The average molecular weight is 221 g/mol. The van der Waals surface area contributed by atoms with E-state index in [1.807, 2.05) is 39.0 Å². The summed E-state index contributed by atoms with van der Waals surface area (Å²) in [5, 5.41) is 3.04. The van der Waals surface area contributed by atoms with E-state index in [1.54, 1.807) is 7.05 Å². The van der Waals surface area contributed by atoms with Crippen LogP contribution >= 0.6 is 0 Å². The molecule has 1 atom stereocenters. The molecule has 1 unspecified atom stereocenters. The Balaban J connectivity index is 3.32. The molecule has 0 saturated carbocycles. The summed E-state index contributed by atoms with van der Waals surface area (Å²) >= 11 is 0. The van der Waals surface area contributed by atoms with Gasteiger partial charge in [-0.05, 0) is 38.9 Å². The number of esters is 1. The molecule has 3 heteroatoms. The molecule has 88 valence electrons. The lowest BCUT2D eigenvalue weighted by Gasteiger charge is -2.28. The van der Waals surface area contributed by atoms with Gasteiger partial charge in [-0.25, -0.2) is 4.79 Å². The van der Waals surface area contributed by atoms with E-state index in [1.165, 1.54) is 7.11 Å². The first-order valence-corrected chi connectivity index (χ1v) is 5.30. The summed E-state index contributed by atoms with van der Waals surface area (Å²) < 4.78 is 4.85. The van der Waals surface area contributed by atoms with Gasteiger partial charge >= 0.3 is 5.97 Å². The van der Waals surface area contributed by atoms with Crippen LogP contribution in [0.3, 0.4) is 0 Å². The van der Waals surface area contributed by atoms with Crippen LogP contribution in [0.5, 0.6) is 0 Å². The maximum Gasteiger partial charge on any atom is 0.330 e. The van der Waals surface area contributed by atoms with Crippen LogP contribution in [0.2, 0.25) is 0 Å². The van der Waals surface area contributed by atoms with Crippen molar-refractivity contribution in [3.8, 4) is 0 Å². The Hall–Kier alpha value is -1.35. The summed E-state index contributed by atoms with van der Waals surface area (Å²) in [6.07, 6.45) is 0. The van der Waals surface area contributed by atoms with Gasteiger partial charge in [0.25, 0.3) is 0 Å². The lowest BCUT2D eigenvalue weighted by Crippen LogP contribution is -2.45. The molecule has 1 aromatic rings. The Morgan fingerprint density at radius 2 is 2.00 bits per heavy atom. The quantitative estimate of drug-likeness (QED) is 0.792. The van der Waals surface area contributed by atoms with Gasteiger partial charge in [0, 0.05) is 0 Å². The van der Waals surface area contributed by atoms with Crippen molar-refractivity contribution in [3.63, 3.8) is 0 Å². The number of aryl methyl sites for hydroxylation is 2. The third kappa shape index (κ3) is 2.09. The molecule has 0 amide bonds. The van der Waals surface area contributed by atoms with Crippen molar-refractivity contribution in [2.75, 3.05) is 14.2 Å². The number of benzene rings is 1. The number of nitrogens with one attached hydrogen (secondary N) is 1. The highest BCUT2D eigenvalue weighted by Gasteiger charge is 2.35. The molecule has 0 aromatic heterocycles. The summed E-state index contributed by atoms with van der Waals surface area (Å²) in [5.41, 5.74) is 2.38. The molecule has 0 aliphatic heterocycles. The second-order valence-electron chi connectivity index (χ2n) is 4.18. The Morgan fingerprint density at radius 1 is 1.38 bits per heavy atom. The number of likely N-dealkylation sites (N-methyl/N-ethyl adjacent to an activating group) is 1. The van der Waals surface area contributed by atoms with Crippen LogP contribution in [0.15, 0.2) is 18.2 Å². The lowest BCUT2D eigenvalue weighted by atomic mass is 9.87. The SMILES string of the molecule is CNC(C)(C(=O)OC)c1cc(C)ccc1C. The number of hydrogen-bond acceptors (Lipinski definition) is 3. The van der Waals surface area contributed by atoms with Gasteiger partial charge in [-0.2, -0.15) is 0 Å². The zero-order valence-electron chi connectivity index (χ0n) is 10.5. The second-order valence-corrected chi connectivity index (χ2v) is 4.18. The molecule has 0 heterocycles. The average Bonchev–Trinajstić information content (AvgIpc) is 2.30. The third-order valence-corrected chi connectivity index (χ3v) is 3.03. The molecule has 0 saturated heterocycles. The van der Waals surface area contributed by atoms with Crippen molar-refractivity contribution in [3.05, 3.63) is 34.9 Å². The zero-order chi connectivity index (χ0) is 12.3. The van der Waals surface area contributed by atoms with Crippen LogP contribution in [-0.2, 0) is 15.1 Å². The first-order chi connectivity index (χ1) is 7.45. The molecule has 0 spiro atoms. The molecular formula is C13H19NO2. The molecule has 0 aliphatic carbocycles. The third-order valence-electron chi connectivity index (χ3n) is 3.03. The van der Waals surface area contributed by atoms with E-state index >= 15 is 0 Å². The normalized spacial score (nSPS) is 14.3. The van der Waals surface area contributed by atoms with Crippen LogP contribution in [0.4, 0.5) is 0 Å². The number of ether oxygens (including phenoxy) is 1. The van der Waals surface area contributed by atoms with Crippen molar-refractivity contribution in [2.45, 2.75) is 26.3 Å². The van der Waals surface area contributed by atoms with Gasteiger partial charge in [0.2, 0.25) is 0 Å². The monoisotopic (exact) mass is 221 g/mol. The molecule has 0 aliphatic rings. The van der Waals surface area contributed by atoms with E-state index in [-0.39, 0.29) is 5.97 Å². The Morgan fingerprint density at radius 3 is 2.50 bits per heavy atom. The number of methoxy groups -OCH3 is 1. The first-order valence-electron chi connectivity index (χ1n) is 5.30. The molecule has 0 fully saturated rings.